The van der Waals surface area contributed by atoms with Crippen molar-refractivity contribution in [1.29, 1.82) is 0 Å². The normalized spacial score (nSPS) is 10.7. The molecule has 0 heterocycles. The molecule has 0 aliphatic heterocycles. The summed E-state index contributed by atoms with van der Waals surface area (Å²) in [6.07, 6.45) is 2.56. The van der Waals surface area contributed by atoms with Crippen molar-refractivity contribution in [2.75, 3.05) is 0 Å². The molecule has 0 unspecified atom stereocenters. The molecule has 4 N–H and O–H groups in total. The van der Waals surface area contributed by atoms with Crippen LogP contribution in [0.15, 0.2) is 23.7 Å². The summed E-state index contributed by atoms with van der Waals surface area (Å²) in [7, 11) is 0. The molecule has 0 aromatic rings. The first kappa shape index (κ1) is 19.7. The molecule has 15 heavy (non-hydrogen) atoms. The number of hydrogen-bond donors (Lipinski definition) is 2. The van der Waals surface area contributed by atoms with Gasteiger partial charge in [-0.1, -0.05) is 0 Å². The maximum atomic E-state index is 8.40. The zero-order valence-electron chi connectivity index (χ0n) is 9.44. The van der Waals surface area contributed by atoms with Crippen molar-refractivity contribution in [3.63, 3.8) is 0 Å². The van der Waals surface area contributed by atoms with Crippen molar-refractivity contribution in [1.82, 2.24) is 0 Å². The quantitative estimate of drug-likeness (QED) is 0.351. The van der Waals surface area contributed by atoms with Gasteiger partial charge in [-0.15, -0.1) is 0 Å². The Balaban J connectivity index is -0.000000180. The van der Waals surface area contributed by atoms with Gasteiger partial charge in [-0.3, -0.25) is 9.59 Å². The second-order valence-corrected chi connectivity index (χ2v) is 2.85. The third kappa shape index (κ3) is 31.9. The van der Waals surface area contributed by atoms with Gasteiger partial charge >= 0.3 is 11.6 Å². The summed E-state index contributed by atoms with van der Waals surface area (Å²) in [6, 6.07) is 0. The molecule has 0 saturated carbocycles. The van der Waals surface area contributed by atoms with E-state index in [-0.39, 0.29) is 47.0 Å². The van der Waals surface area contributed by atoms with Crippen LogP contribution in [-0.2, 0) is 0 Å². The summed E-state index contributed by atoms with van der Waals surface area (Å²) < 4.78 is 0. The van der Waals surface area contributed by atoms with Gasteiger partial charge in [0.15, 0.2) is 0 Å². The third-order valence-corrected chi connectivity index (χ3v) is 0.836. The Morgan fingerprint density at radius 1 is 0.800 bits per heavy atom. The fourth-order valence-electron chi connectivity index (χ4n) is 0.605. The first-order valence-electron chi connectivity index (χ1n) is 4.05. The summed E-state index contributed by atoms with van der Waals surface area (Å²) in [5, 5.41) is 16.8. The average Bonchev–Trinajstić information content (AvgIpc) is 1.79. The fraction of sp³-hybridized carbons (Fsp3) is 0.400. The minimum atomic E-state index is 0. The maximum Gasteiger partial charge on any atom is 0.316 e. The molecule has 84 valence electrons. The number of allylic oxidation sites excluding steroid dienone is 4. The van der Waals surface area contributed by atoms with Gasteiger partial charge in [-0.05, 0) is 13.8 Å². The number of aliphatic hydroxyl groups excluding tert-OH is 2. The van der Waals surface area contributed by atoms with Crippen LogP contribution in [0.1, 0.15) is 27.7 Å². The van der Waals surface area contributed by atoms with Crippen LogP contribution >= 0.6 is 0 Å². The molecule has 0 aromatic heterocycles. The number of carbonyl (C=O) groups excluding carboxylic acids is 2. The Morgan fingerprint density at radius 3 is 1.00 bits per heavy atom. The van der Waals surface area contributed by atoms with Gasteiger partial charge in [-0.25, -0.2) is 0 Å². The summed E-state index contributed by atoms with van der Waals surface area (Å²) in [4.78, 5) is 16.8. The number of aliphatic hydroxyl groups is 2. The molecular weight excluding hydrogens is 303 g/mol. The van der Waals surface area contributed by atoms with Crippen LogP contribution in [0.4, 0.5) is 0 Å². The molecule has 5 heteroatoms. The molecule has 0 amide bonds. The molecule has 0 spiro atoms. The Morgan fingerprint density at radius 2 is 1.00 bits per heavy atom. The Hall–Kier alpha value is -0.781. The van der Waals surface area contributed by atoms with Crippen molar-refractivity contribution in [3.8, 4) is 0 Å². The van der Waals surface area contributed by atoms with E-state index in [0.29, 0.717) is 0 Å². The van der Waals surface area contributed by atoms with Gasteiger partial charge in [0, 0.05) is 23.9 Å². The predicted molar refractivity (Wildman–Crippen MR) is 63.8 cm³/mol. The van der Waals surface area contributed by atoms with Crippen LogP contribution < -0.4 is 0 Å². The topological polar surface area (TPSA) is 83.3 Å². The number of rotatable bonds is 2. The molecule has 0 fully saturated rings. The smallest absolute Gasteiger partial charge is 0.316 e. The van der Waals surface area contributed by atoms with Crippen LogP contribution in [0.25, 0.3) is 0 Å². The summed E-state index contributed by atoms with van der Waals surface area (Å²) >= 11 is 0. The van der Waals surface area contributed by atoms with E-state index in [4.69, 9.17) is 19.8 Å². The molecule has 0 aliphatic rings. The molecule has 0 rings (SSSR count). The van der Waals surface area contributed by atoms with E-state index >= 15 is 0 Å². The van der Waals surface area contributed by atoms with E-state index < -0.39 is 0 Å². The number of ketones is 2. The van der Waals surface area contributed by atoms with E-state index in [0.717, 1.165) is 0 Å². The molecule has 0 atom stereocenters. The van der Waals surface area contributed by atoms with Crippen LogP contribution in [-0.4, -0.2) is 55.3 Å². The minimum Gasteiger partial charge on any atom is -0.512 e. The zero-order valence-corrected chi connectivity index (χ0v) is 12.3. The summed E-state index contributed by atoms with van der Waals surface area (Å²) in [5.74, 6) is 0.500. The first-order chi connectivity index (χ1) is 6.25. The standard InChI is InChI=1S/2C5H8O2.Sn/c2*1-4(6)3-5(2)7;/h2*3,6H,1-2H3;/p+2/b2*4-3-;. The molecule has 0 aromatic carbocycles. The van der Waals surface area contributed by atoms with E-state index in [1.165, 1.54) is 39.8 Å². The monoisotopic (exact) mass is 322 g/mol. The zero-order chi connectivity index (χ0) is 11.7. The summed E-state index contributed by atoms with van der Waals surface area (Å²) in [5.41, 5.74) is 0. The molecule has 0 aliphatic carbocycles. The van der Waals surface area contributed by atoms with Gasteiger partial charge < -0.3 is 10.2 Å². The van der Waals surface area contributed by atoms with E-state index in [1.54, 1.807) is 0 Å². The van der Waals surface area contributed by atoms with Gasteiger partial charge in [0.05, 0.1) is 37.5 Å². The van der Waals surface area contributed by atoms with Gasteiger partial charge in [0.1, 0.15) is 0 Å². The second-order valence-electron chi connectivity index (χ2n) is 2.85. The number of hydrogen-bond acceptors (Lipinski definition) is 2. The van der Waals surface area contributed by atoms with Gasteiger partial charge in [0.25, 0.3) is 0 Å². The SMILES string of the molecule is CC(=[OH+])/C=C(/C)O.CC(=[OH+])/C=C(/C)O.[Sn]. The average molecular weight is 321 g/mol. The molecule has 4 radical (unpaired) electrons. The van der Waals surface area contributed by atoms with E-state index in [2.05, 4.69) is 0 Å². The van der Waals surface area contributed by atoms with Gasteiger partial charge in [0.2, 0.25) is 0 Å². The second kappa shape index (κ2) is 11.3. The van der Waals surface area contributed by atoms with Crippen molar-refractivity contribution in [2.45, 2.75) is 27.7 Å². The molecule has 4 nitrogen and oxygen atoms in total. The first-order valence-corrected chi connectivity index (χ1v) is 4.05. The van der Waals surface area contributed by atoms with Crippen LogP contribution in [0.5, 0.6) is 0 Å². The van der Waals surface area contributed by atoms with E-state index in [1.807, 2.05) is 0 Å². The van der Waals surface area contributed by atoms with Crippen molar-refractivity contribution >= 4 is 35.5 Å². The van der Waals surface area contributed by atoms with Crippen LogP contribution in [0.3, 0.4) is 0 Å². The fourth-order valence-corrected chi connectivity index (χ4v) is 0.605. The van der Waals surface area contributed by atoms with Crippen LogP contribution in [0, 0.1) is 0 Å². The van der Waals surface area contributed by atoms with E-state index in [9.17, 15) is 0 Å². The minimum absolute atomic E-state index is 0. The molecule has 0 bridgehead atoms. The Labute approximate surface area is 107 Å². The van der Waals surface area contributed by atoms with Crippen molar-refractivity contribution in [2.24, 2.45) is 0 Å². The Kier molecular flexibility index (Phi) is 14.9. The van der Waals surface area contributed by atoms with Crippen molar-refractivity contribution in [3.05, 3.63) is 23.7 Å². The maximum absolute atomic E-state index is 8.40. The largest absolute Gasteiger partial charge is 0.512 e. The predicted octanol–water partition coefficient (Wildman–Crippen LogP) is 1.65. The Bertz CT molecular complexity index is 231. The molecular formula is C10H18O4Sn+2. The third-order valence-electron chi connectivity index (χ3n) is 0.836. The van der Waals surface area contributed by atoms with Crippen molar-refractivity contribution < 1.29 is 19.8 Å². The molecule has 0 saturated heterocycles. The summed E-state index contributed by atoms with van der Waals surface area (Å²) in [6.45, 7) is 6.00. The van der Waals surface area contributed by atoms with Crippen LogP contribution in [0.2, 0.25) is 0 Å². The van der Waals surface area contributed by atoms with Gasteiger partial charge in [-0.2, -0.15) is 0 Å².